The number of aromatic nitrogens is 2. The van der Waals surface area contributed by atoms with Gasteiger partial charge in [-0.3, -0.25) is 4.90 Å². The van der Waals surface area contributed by atoms with E-state index < -0.39 is 0 Å². The SMILES string of the molecule is CN1C2CCC1C(c1nc(-c3cccs3)no1)C(c1ccc(Cl)cc1)C2. The highest BCUT2D eigenvalue weighted by Gasteiger charge is 2.48. The summed E-state index contributed by atoms with van der Waals surface area (Å²) in [4.78, 5) is 8.37. The fourth-order valence-corrected chi connectivity index (χ4v) is 5.51. The van der Waals surface area contributed by atoms with Crippen LogP contribution in [0.3, 0.4) is 0 Å². The number of halogens is 1. The van der Waals surface area contributed by atoms with E-state index in [1.54, 1.807) is 11.3 Å². The molecule has 6 heteroatoms. The number of piperidine rings is 1. The molecular weight excluding hydrogens is 366 g/mol. The average molecular weight is 386 g/mol. The average Bonchev–Trinajstić information content (AvgIpc) is 3.37. The van der Waals surface area contributed by atoms with Crippen LogP contribution in [0.25, 0.3) is 10.7 Å². The molecule has 2 saturated heterocycles. The highest BCUT2D eigenvalue weighted by Crippen LogP contribution is 2.50. The Labute approximate surface area is 161 Å². The Hall–Kier alpha value is -1.69. The molecule has 4 atom stereocenters. The zero-order valence-corrected chi connectivity index (χ0v) is 16.1. The summed E-state index contributed by atoms with van der Waals surface area (Å²) in [5.41, 5.74) is 1.32. The minimum atomic E-state index is 0.223. The van der Waals surface area contributed by atoms with Crippen LogP contribution >= 0.6 is 22.9 Å². The van der Waals surface area contributed by atoms with Gasteiger partial charge in [0.1, 0.15) is 0 Å². The van der Waals surface area contributed by atoms with E-state index >= 15 is 0 Å². The molecule has 2 aliphatic heterocycles. The molecule has 1 aromatic carbocycles. The van der Waals surface area contributed by atoms with Gasteiger partial charge in [-0.1, -0.05) is 35.0 Å². The molecule has 0 N–H and O–H groups in total. The molecule has 0 amide bonds. The maximum atomic E-state index is 6.11. The number of hydrogen-bond acceptors (Lipinski definition) is 5. The first kappa shape index (κ1) is 16.5. The Morgan fingerprint density at radius 2 is 2.04 bits per heavy atom. The highest BCUT2D eigenvalue weighted by molar-refractivity contribution is 7.13. The molecule has 2 aromatic heterocycles. The summed E-state index contributed by atoms with van der Waals surface area (Å²) in [6.45, 7) is 0. The van der Waals surface area contributed by atoms with Crippen molar-refractivity contribution < 1.29 is 4.52 Å². The van der Waals surface area contributed by atoms with Crippen LogP contribution in [0.4, 0.5) is 0 Å². The second-order valence-corrected chi connectivity index (χ2v) is 8.70. The standard InChI is InChI=1S/C20H20ClN3OS/c1-24-14-8-9-16(24)18(15(11-14)12-4-6-13(21)7-5-12)20-22-19(23-25-20)17-3-2-10-26-17/h2-7,10,14-16,18H,8-9,11H2,1H3. The maximum Gasteiger partial charge on any atom is 0.232 e. The quantitative estimate of drug-likeness (QED) is 0.622. The largest absolute Gasteiger partial charge is 0.339 e. The lowest BCUT2D eigenvalue weighted by molar-refractivity contribution is 0.120. The van der Waals surface area contributed by atoms with Crippen molar-refractivity contribution in [1.29, 1.82) is 0 Å². The van der Waals surface area contributed by atoms with Crippen molar-refractivity contribution in [3.63, 3.8) is 0 Å². The zero-order valence-electron chi connectivity index (χ0n) is 14.5. The molecule has 0 radical (unpaired) electrons. The normalized spacial score (nSPS) is 28.5. The van der Waals surface area contributed by atoms with E-state index in [9.17, 15) is 0 Å². The van der Waals surface area contributed by atoms with Gasteiger partial charge in [-0.15, -0.1) is 11.3 Å². The topological polar surface area (TPSA) is 42.2 Å². The third-order valence-electron chi connectivity index (χ3n) is 6.04. The molecule has 0 saturated carbocycles. The van der Waals surface area contributed by atoms with Crippen LogP contribution in [0.15, 0.2) is 46.3 Å². The molecule has 5 rings (SSSR count). The predicted octanol–water partition coefficient (Wildman–Crippen LogP) is 5.19. The molecular formula is C20H20ClN3OS. The van der Waals surface area contributed by atoms with E-state index in [0.29, 0.717) is 23.8 Å². The monoisotopic (exact) mass is 385 g/mol. The van der Waals surface area contributed by atoms with Crippen LogP contribution < -0.4 is 0 Å². The van der Waals surface area contributed by atoms with Gasteiger partial charge < -0.3 is 4.52 Å². The number of nitrogens with zero attached hydrogens (tertiary/aromatic N) is 3. The lowest BCUT2D eigenvalue weighted by Gasteiger charge is -2.41. The van der Waals surface area contributed by atoms with Gasteiger partial charge in [-0.2, -0.15) is 4.98 Å². The smallest absolute Gasteiger partial charge is 0.232 e. The Bertz CT molecular complexity index is 892. The van der Waals surface area contributed by atoms with Gasteiger partial charge in [0.05, 0.1) is 10.8 Å². The Morgan fingerprint density at radius 1 is 1.19 bits per heavy atom. The van der Waals surface area contributed by atoms with E-state index in [1.165, 1.54) is 18.4 Å². The summed E-state index contributed by atoms with van der Waals surface area (Å²) >= 11 is 7.75. The summed E-state index contributed by atoms with van der Waals surface area (Å²) in [6.07, 6.45) is 3.55. The van der Waals surface area contributed by atoms with Gasteiger partial charge in [0, 0.05) is 17.1 Å². The van der Waals surface area contributed by atoms with Gasteiger partial charge in [0.2, 0.25) is 11.7 Å². The number of likely N-dealkylation sites (N-methyl/N-ethyl adjacent to an activating group) is 1. The molecule has 26 heavy (non-hydrogen) atoms. The minimum Gasteiger partial charge on any atom is -0.339 e. The number of thiophene rings is 1. The second-order valence-electron chi connectivity index (χ2n) is 7.32. The van der Waals surface area contributed by atoms with Crippen molar-refractivity contribution in [3.8, 4) is 10.7 Å². The first-order chi connectivity index (χ1) is 12.7. The molecule has 0 spiro atoms. The summed E-state index contributed by atoms with van der Waals surface area (Å²) in [5.74, 6) is 2.08. The number of rotatable bonds is 3. The fourth-order valence-electron chi connectivity index (χ4n) is 4.73. The van der Waals surface area contributed by atoms with E-state index in [2.05, 4.69) is 29.2 Å². The van der Waals surface area contributed by atoms with Crippen LogP contribution in [0.5, 0.6) is 0 Å². The van der Waals surface area contributed by atoms with Crippen LogP contribution in [0.2, 0.25) is 5.02 Å². The summed E-state index contributed by atoms with van der Waals surface area (Å²) in [6, 6.07) is 13.4. The number of benzene rings is 1. The van der Waals surface area contributed by atoms with Crippen LogP contribution in [-0.2, 0) is 0 Å². The molecule has 4 nitrogen and oxygen atoms in total. The molecule has 2 bridgehead atoms. The van der Waals surface area contributed by atoms with E-state index in [4.69, 9.17) is 21.1 Å². The molecule has 2 aliphatic rings. The first-order valence-corrected chi connectivity index (χ1v) is 10.3. The Balaban J connectivity index is 1.55. The zero-order chi connectivity index (χ0) is 17.7. The third-order valence-corrected chi connectivity index (χ3v) is 7.15. The first-order valence-electron chi connectivity index (χ1n) is 9.05. The van der Waals surface area contributed by atoms with Crippen LogP contribution in [-0.4, -0.2) is 34.2 Å². The molecule has 3 aromatic rings. The maximum absolute atomic E-state index is 6.11. The third kappa shape index (κ3) is 2.70. The predicted molar refractivity (Wildman–Crippen MR) is 104 cm³/mol. The lowest BCUT2D eigenvalue weighted by Crippen LogP contribution is -2.44. The van der Waals surface area contributed by atoms with Gasteiger partial charge in [0.15, 0.2) is 0 Å². The lowest BCUT2D eigenvalue weighted by atomic mass is 9.76. The van der Waals surface area contributed by atoms with Crippen molar-refractivity contribution >= 4 is 22.9 Å². The Kier molecular flexibility index (Phi) is 4.11. The number of fused-ring (bicyclic) bond motifs is 2. The van der Waals surface area contributed by atoms with Gasteiger partial charge in [-0.25, -0.2) is 0 Å². The second kappa shape index (κ2) is 6.48. The Morgan fingerprint density at radius 3 is 2.81 bits per heavy atom. The minimum absolute atomic E-state index is 0.223. The highest BCUT2D eigenvalue weighted by atomic mass is 35.5. The molecule has 4 heterocycles. The van der Waals surface area contributed by atoms with Crippen molar-refractivity contribution in [2.24, 2.45) is 0 Å². The van der Waals surface area contributed by atoms with E-state index in [0.717, 1.165) is 22.2 Å². The molecule has 134 valence electrons. The van der Waals surface area contributed by atoms with Crippen LogP contribution in [0.1, 0.15) is 42.6 Å². The fraction of sp³-hybridized carbons (Fsp3) is 0.400. The summed E-state index contributed by atoms with van der Waals surface area (Å²) in [7, 11) is 2.24. The summed E-state index contributed by atoms with van der Waals surface area (Å²) in [5, 5.41) is 7.08. The van der Waals surface area contributed by atoms with Gasteiger partial charge in [-0.05, 0) is 61.4 Å². The van der Waals surface area contributed by atoms with Gasteiger partial charge in [0.25, 0.3) is 0 Å². The van der Waals surface area contributed by atoms with E-state index in [-0.39, 0.29) is 5.92 Å². The summed E-state index contributed by atoms with van der Waals surface area (Å²) < 4.78 is 5.80. The molecule has 0 aliphatic carbocycles. The van der Waals surface area contributed by atoms with Crippen molar-refractivity contribution in [2.75, 3.05) is 7.05 Å². The molecule has 2 fully saturated rings. The van der Waals surface area contributed by atoms with E-state index in [1.807, 2.05) is 29.6 Å². The van der Waals surface area contributed by atoms with Crippen LogP contribution in [0, 0.1) is 0 Å². The van der Waals surface area contributed by atoms with Crippen molar-refractivity contribution in [3.05, 3.63) is 58.3 Å². The molecule has 4 unspecified atom stereocenters. The van der Waals surface area contributed by atoms with Crippen molar-refractivity contribution in [2.45, 2.75) is 43.2 Å². The number of hydrogen-bond donors (Lipinski definition) is 0. The van der Waals surface area contributed by atoms with Gasteiger partial charge >= 0.3 is 0 Å². The van der Waals surface area contributed by atoms with Crippen molar-refractivity contribution in [1.82, 2.24) is 15.0 Å².